The van der Waals surface area contributed by atoms with Crippen molar-refractivity contribution in [2.75, 3.05) is 32.5 Å². The van der Waals surface area contributed by atoms with E-state index >= 15 is 0 Å². The van der Waals surface area contributed by atoms with Crippen molar-refractivity contribution in [1.29, 1.82) is 0 Å². The summed E-state index contributed by atoms with van der Waals surface area (Å²) in [5.74, 6) is -0.119. The molecular formula is C15H26N4O. The van der Waals surface area contributed by atoms with E-state index < -0.39 is 0 Å². The average molecular weight is 278 g/mol. The van der Waals surface area contributed by atoms with Gasteiger partial charge in [-0.2, -0.15) is 0 Å². The second-order valence-corrected chi connectivity index (χ2v) is 6.22. The first-order chi connectivity index (χ1) is 9.28. The lowest BCUT2D eigenvalue weighted by molar-refractivity contribution is 0.0947. The number of aromatic nitrogens is 1. The highest BCUT2D eigenvalue weighted by molar-refractivity contribution is 5.92. The Morgan fingerprint density at radius 1 is 1.30 bits per heavy atom. The summed E-state index contributed by atoms with van der Waals surface area (Å²) in [7, 11) is 4.04. The maximum Gasteiger partial charge on any atom is 0.269 e. The van der Waals surface area contributed by atoms with Crippen LogP contribution in [0.2, 0.25) is 0 Å². The van der Waals surface area contributed by atoms with Gasteiger partial charge in [0, 0.05) is 12.1 Å². The van der Waals surface area contributed by atoms with Gasteiger partial charge in [0.2, 0.25) is 0 Å². The Kier molecular flexibility index (Phi) is 5.95. The van der Waals surface area contributed by atoms with E-state index in [2.05, 4.69) is 41.3 Å². The lowest BCUT2D eigenvalue weighted by Crippen LogP contribution is -2.28. The van der Waals surface area contributed by atoms with Gasteiger partial charge in [-0.1, -0.05) is 0 Å². The minimum Gasteiger partial charge on any atom is -0.379 e. The number of pyridine rings is 1. The molecule has 5 heteroatoms. The number of amides is 1. The zero-order chi connectivity index (χ0) is 15.2. The van der Waals surface area contributed by atoms with Crippen molar-refractivity contribution in [1.82, 2.24) is 15.2 Å². The topological polar surface area (TPSA) is 57.3 Å². The Morgan fingerprint density at radius 2 is 2.00 bits per heavy atom. The number of anilines is 1. The standard InChI is InChI=1S/C15H26N4O/c1-15(2,3)18-12-7-8-13(17-11-12)14(20)16-9-6-10-19(4)5/h7-8,11,18H,6,9-10H2,1-5H3,(H,16,20). The molecule has 0 atom stereocenters. The second kappa shape index (κ2) is 7.24. The van der Waals surface area contributed by atoms with Gasteiger partial charge in [0.1, 0.15) is 5.69 Å². The van der Waals surface area contributed by atoms with E-state index in [0.29, 0.717) is 12.2 Å². The van der Waals surface area contributed by atoms with E-state index in [1.165, 1.54) is 0 Å². The molecule has 0 radical (unpaired) electrons. The first-order valence-electron chi connectivity index (χ1n) is 6.95. The Bertz CT molecular complexity index is 420. The molecule has 0 saturated carbocycles. The molecule has 0 aliphatic carbocycles. The van der Waals surface area contributed by atoms with Crippen LogP contribution in [-0.4, -0.2) is 48.5 Å². The summed E-state index contributed by atoms with van der Waals surface area (Å²) >= 11 is 0. The van der Waals surface area contributed by atoms with Crippen LogP contribution in [0.1, 0.15) is 37.7 Å². The lowest BCUT2D eigenvalue weighted by Gasteiger charge is -2.21. The predicted octanol–water partition coefficient (Wildman–Crippen LogP) is 1.97. The Morgan fingerprint density at radius 3 is 2.50 bits per heavy atom. The third-order valence-electron chi connectivity index (χ3n) is 2.58. The van der Waals surface area contributed by atoms with Crippen LogP contribution >= 0.6 is 0 Å². The number of nitrogens with one attached hydrogen (secondary N) is 2. The first kappa shape index (κ1) is 16.4. The summed E-state index contributed by atoms with van der Waals surface area (Å²) in [6.45, 7) is 7.87. The molecule has 0 saturated heterocycles. The lowest BCUT2D eigenvalue weighted by atomic mass is 10.1. The van der Waals surface area contributed by atoms with Crippen LogP contribution in [0, 0.1) is 0 Å². The molecule has 1 heterocycles. The molecule has 0 aliphatic heterocycles. The molecule has 1 amide bonds. The fourth-order valence-electron chi connectivity index (χ4n) is 1.72. The fourth-order valence-corrected chi connectivity index (χ4v) is 1.72. The smallest absolute Gasteiger partial charge is 0.269 e. The molecule has 0 aromatic carbocycles. The molecule has 0 fully saturated rings. The number of hydrogen-bond donors (Lipinski definition) is 2. The SMILES string of the molecule is CN(C)CCCNC(=O)c1ccc(NC(C)(C)C)cn1. The third kappa shape index (κ3) is 6.52. The van der Waals surface area contributed by atoms with Crippen LogP contribution in [0.15, 0.2) is 18.3 Å². The highest BCUT2D eigenvalue weighted by atomic mass is 16.1. The number of carbonyl (C=O) groups is 1. The van der Waals surface area contributed by atoms with Gasteiger partial charge in [0.25, 0.3) is 5.91 Å². The van der Waals surface area contributed by atoms with Crippen molar-refractivity contribution in [3.05, 3.63) is 24.0 Å². The molecule has 1 aromatic rings. The zero-order valence-electron chi connectivity index (χ0n) is 13.2. The van der Waals surface area contributed by atoms with Crippen LogP contribution in [0.5, 0.6) is 0 Å². The van der Waals surface area contributed by atoms with Gasteiger partial charge < -0.3 is 15.5 Å². The van der Waals surface area contributed by atoms with Crippen LogP contribution in [-0.2, 0) is 0 Å². The summed E-state index contributed by atoms with van der Waals surface area (Å²) < 4.78 is 0. The van der Waals surface area contributed by atoms with E-state index in [1.807, 2.05) is 20.2 Å². The summed E-state index contributed by atoms with van der Waals surface area (Å²) in [6, 6.07) is 3.63. The maximum absolute atomic E-state index is 11.9. The molecule has 20 heavy (non-hydrogen) atoms. The highest BCUT2D eigenvalue weighted by Crippen LogP contribution is 2.13. The maximum atomic E-state index is 11.9. The van der Waals surface area contributed by atoms with Gasteiger partial charge in [-0.3, -0.25) is 4.79 Å². The second-order valence-electron chi connectivity index (χ2n) is 6.22. The molecule has 0 unspecified atom stereocenters. The zero-order valence-corrected chi connectivity index (χ0v) is 13.2. The van der Waals surface area contributed by atoms with Crippen molar-refractivity contribution < 1.29 is 4.79 Å². The number of nitrogens with zero attached hydrogens (tertiary/aromatic N) is 2. The number of carbonyl (C=O) groups excluding carboxylic acids is 1. The van der Waals surface area contributed by atoms with E-state index in [1.54, 1.807) is 12.3 Å². The van der Waals surface area contributed by atoms with E-state index in [9.17, 15) is 4.79 Å². The van der Waals surface area contributed by atoms with Crippen molar-refractivity contribution >= 4 is 11.6 Å². The Hall–Kier alpha value is -1.62. The van der Waals surface area contributed by atoms with Gasteiger partial charge >= 0.3 is 0 Å². The molecule has 5 nitrogen and oxygen atoms in total. The fraction of sp³-hybridized carbons (Fsp3) is 0.600. The molecular weight excluding hydrogens is 252 g/mol. The normalized spacial score (nSPS) is 11.5. The third-order valence-corrected chi connectivity index (χ3v) is 2.58. The van der Waals surface area contributed by atoms with Gasteiger partial charge in [-0.15, -0.1) is 0 Å². The summed E-state index contributed by atoms with van der Waals surface area (Å²) in [4.78, 5) is 18.2. The van der Waals surface area contributed by atoms with Gasteiger partial charge in [0.15, 0.2) is 0 Å². The molecule has 112 valence electrons. The molecule has 1 rings (SSSR count). The van der Waals surface area contributed by atoms with Crippen molar-refractivity contribution in [3.8, 4) is 0 Å². The van der Waals surface area contributed by atoms with Crippen LogP contribution in [0.4, 0.5) is 5.69 Å². The molecule has 2 N–H and O–H groups in total. The average Bonchev–Trinajstić information content (AvgIpc) is 2.33. The van der Waals surface area contributed by atoms with Crippen molar-refractivity contribution in [2.24, 2.45) is 0 Å². The molecule has 1 aromatic heterocycles. The summed E-state index contributed by atoms with van der Waals surface area (Å²) in [6.07, 6.45) is 2.63. The Labute approximate surface area is 121 Å². The first-order valence-corrected chi connectivity index (χ1v) is 6.95. The monoisotopic (exact) mass is 278 g/mol. The minimum absolute atomic E-state index is 0.0162. The molecule has 0 spiro atoms. The van der Waals surface area contributed by atoms with Crippen LogP contribution in [0.25, 0.3) is 0 Å². The van der Waals surface area contributed by atoms with Gasteiger partial charge in [0.05, 0.1) is 11.9 Å². The predicted molar refractivity (Wildman–Crippen MR) is 83.1 cm³/mol. The minimum atomic E-state index is -0.119. The number of rotatable bonds is 6. The van der Waals surface area contributed by atoms with E-state index in [-0.39, 0.29) is 11.4 Å². The summed E-state index contributed by atoms with van der Waals surface area (Å²) in [5.41, 5.74) is 1.36. The quantitative estimate of drug-likeness (QED) is 0.781. The van der Waals surface area contributed by atoms with Gasteiger partial charge in [-0.05, 0) is 60.0 Å². The van der Waals surface area contributed by atoms with Crippen molar-refractivity contribution in [2.45, 2.75) is 32.7 Å². The highest BCUT2D eigenvalue weighted by Gasteiger charge is 2.11. The van der Waals surface area contributed by atoms with E-state index in [4.69, 9.17) is 0 Å². The Balaban J connectivity index is 2.45. The van der Waals surface area contributed by atoms with Gasteiger partial charge in [-0.25, -0.2) is 4.98 Å². The van der Waals surface area contributed by atoms with Crippen LogP contribution in [0.3, 0.4) is 0 Å². The van der Waals surface area contributed by atoms with Crippen molar-refractivity contribution in [3.63, 3.8) is 0 Å². The molecule has 0 aliphatic rings. The molecule has 0 bridgehead atoms. The number of hydrogen-bond acceptors (Lipinski definition) is 4. The largest absolute Gasteiger partial charge is 0.379 e. The van der Waals surface area contributed by atoms with Crippen LogP contribution < -0.4 is 10.6 Å². The summed E-state index contributed by atoms with van der Waals surface area (Å²) in [5, 5.41) is 6.19. The van der Waals surface area contributed by atoms with E-state index in [0.717, 1.165) is 18.7 Å².